The molecular weight excluding hydrogens is 504 g/mol. The van der Waals surface area contributed by atoms with Crippen molar-refractivity contribution >= 4 is 34.7 Å². The van der Waals surface area contributed by atoms with E-state index in [1.807, 2.05) is 31.2 Å². The predicted octanol–water partition coefficient (Wildman–Crippen LogP) is 6.47. The molecule has 1 saturated heterocycles. The highest BCUT2D eigenvalue weighted by Crippen LogP contribution is 2.43. The molecule has 1 aromatic heterocycles. The normalized spacial score (nSPS) is 16.5. The van der Waals surface area contributed by atoms with Gasteiger partial charge in [0.05, 0.1) is 23.7 Å². The van der Waals surface area contributed by atoms with Gasteiger partial charge in [0, 0.05) is 23.6 Å². The summed E-state index contributed by atoms with van der Waals surface area (Å²) < 4.78 is 11.1. The molecular formula is C30H23ClN2O5. The minimum absolute atomic E-state index is 0.0654. The van der Waals surface area contributed by atoms with Crippen LogP contribution in [-0.4, -0.2) is 28.9 Å². The van der Waals surface area contributed by atoms with Gasteiger partial charge in [0.1, 0.15) is 23.0 Å². The van der Waals surface area contributed by atoms with E-state index in [2.05, 4.69) is 4.98 Å². The van der Waals surface area contributed by atoms with Gasteiger partial charge in [0.15, 0.2) is 0 Å². The molecule has 4 aromatic rings. The van der Waals surface area contributed by atoms with Crippen molar-refractivity contribution in [2.75, 3.05) is 12.0 Å². The number of pyridine rings is 1. The van der Waals surface area contributed by atoms with Crippen LogP contribution in [0.25, 0.3) is 5.76 Å². The second kappa shape index (κ2) is 10.4. The molecule has 1 amide bonds. The number of benzene rings is 3. The van der Waals surface area contributed by atoms with Gasteiger partial charge in [0.25, 0.3) is 11.7 Å². The van der Waals surface area contributed by atoms with E-state index in [0.29, 0.717) is 28.5 Å². The van der Waals surface area contributed by atoms with Crippen molar-refractivity contribution in [1.82, 2.24) is 4.98 Å². The molecule has 5 rings (SSSR count). The Kier molecular flexibility index (Phi) is 6.85. The molecule has 0 aliphatic carbocycles. The summed E-state index contributed by atoms with van der Waals surface area (Å²) in [6, 6.07) is 21.7. The fraction of sp³-hybridized carbons (Fsp3) is 0.100. The SMILES string of the molecule is COc1ccc(/C(O)=C2/C(=O)C(=O)N(c3ccc(Oc4cccc(C)c4)cc3)C2c2cccnc2)cc1Cl. The van der Waals surface area contributed by atoms with Crippen LogP contribution in [0.4, 0.5) is 5.69 Å². The Hall–Kier alpha value is -4.62. The van der Waals surface area contributed by atoms with Crippen LogP contribution >= 0.6 is 11.6 Å². The van der Waals surface area contributed by atoms with Gasteiger partial charge < -0.3 is 14.6 Å². The number of aromatic nitrogens is 1. The molecule has 1 aliphatic rings. The number of aryl methyl sites for hydroxylation is 1. The number of ketones is 1. The monoisotopic (exact) mass is 526 g/mol. The molecule has 0 bridgehead atoms. The highest BCUT2D eigenvalue weighted by Gasteiger charge is 2.47. The molecule has 1 fully saturated rings. The number of methoxy groups -OCH3 is 1. The lowest BCUT2D eigenvalue weighted by Gasteiger charge is -2.25. The van der Waals surface area contributed by atoms with Crippen molar-refractivity contribution in [1.29, 1.82) is 0 Å². The van der Waals surface area contributed by atoms with Gasteiger partial charge in [-0.15, -0.1) is 0 Å². The molecule has 0 radical (unpaired) electrons. The molecule has 7 nitrogen and oxygen atoms in total. The van der Waals surface area contributed by atoms with Gasteiger partial charge in [-0.2, -0.15) is 0 Å². The number of rotatable bonds is 6. The third-order valence-electron chi connectivity index (χ3n) is 6.21. The van der Waals surface area contributed by atoms with Crippen molar-refractivity contribution in [3.05, 3.63) is 119 Å². The third kappa shape index (κ3) is 4.71. The minimum atomic E-state index is -0.909. The Bertz CT molecular complexity index is 1550. The van der Waals surface area contributed by atoms with E-state index < -0.39 is 17.7 Å². The number of carbonyl (C=O) groups is 2. The topological polar surface area (TPSA) is 89.0 Å². The average Bonchev–Trinajstić information content (AvgIpc) is 3.19. The number of carbonyl (C=O) groups excluding carboxylic acids is 2. The minimum Gasteiger partial charge on any atom is -0.507 e. The number of anilines is 1. The van der Waals surface area contributed by atoms with Crippen LogP contribution in [0.5, 0.6) is 17.2 Å². The smallest absolute Gasteiger partial charge is 0.300 e. The molecule has 1 aliphatic heterocycles. The molecule has 38 heavy (non-hydrogen) atoms. The number of aliphatic hydroxyl groups is 1. The van der Waals surface area contributed by atoms with E-state index >= 15 is 0 Å². The van der Waals surface area contributed by atoms with Crippen molar-refractivity contribution in [2.24, 2.45) is 0 Å². The zero-order valence-electron chi connectivity index (χ0n) is 20.6. The number of amides is 1. The van der Waals surface area contributed by atoms with Gasteiger partial charge in [-0.05, 0) is 78.7 Å². The van der Waals surface area contributed by atoms with E-state index in [1.54, 1.807) is 60.9 Å². The molecule has 8 heteroatoms. The van der Waals surface area contributed by atoms with Crippen molar-refractivity contribution < 1.29 is 24.2 Å². The summed E-state index contributed by atoms with van der Waals surface area (Å²) in [5.41, 5.74) is 2.31. The summed E-state index contributed by atoms with van der Waals surface area (Å²) in [7, 11) is 1.48. The standard InChI is InChI=1S/C30H23ClN2O5/c1-18-5-3-7-23(15-18)38-22-11-9-21(10-12-22)33-27(20-6-4-14-32-17-20)26(29(35)30(33)36)28(34)19-8-13-25(37-2)24(31)16-19/h3-17,27,34H,1-2H3/b28-26-. The predicted molar refractivity (Wildman–Crippen MR) is 145 cm³/mol. The third-order valence-corrected chi connectivity index (χ3v) is 6.51. The molecule has 1 atom stereocenters. The summed E-state index contributed by atoms with van der Waals surface area (Å²) in [5, 5.41) is 11.5. The zero-order valence-corrected chi connectivity index (χ0v) is 21.3. The van der Waals surface area contributed by atoms with E-state index in [4.69, 9.17) is 21.1 Å². The second-order valence-electron chi connectivity index (χ2n) is 8.72. The maximum Gasteiger partial charge on any atom is 0.300 e. The van der Waals surface area contributed by atoms with Gasteiger partial charge in [-0.25, -0.2) is 0 Å². The molecule has 2 heterocycles. The Morgan fingerprint density at radius 2 is 1.76 bits per heavy atom. The van der Waals surface area contributed by atoms with Gasteiger partial charge in [-0.1, -0.05) is 29.8 Å². The van der Waals surface area contributed by atoms with Crippen LogP contribution in [0, 0.1) is 6.92 Å². The van der Waals surface area contributed by atoms with Crippen LogP contribution in [0.2, 0.25) is 5.02 Å². The first kappa shape index (κ1) is 25.0. The Morgan fingerprint density at radius 1 is 0.974 bits per heavy atom. The number of aliphatic hydroxyl groups excluding tert-OH is 1. The highest BCUT2D eigenvalue weighted by molar-refractivity contribution is 6.51. The fourth-order valence-corrected chi connectivity index (χ4v) is 4.67. The first-order valence-corrected chi connectivity index (χ1v) is 12.1. The van der Waals surface area contributed by atoms with Crippen molar-refractivity contribution in [3.63, 3.8) is 0 Å². The number of ether oxygens (including phenoxy) is 2. The van der Waals surface area contributed by atoms with Crippen LogP contribution in [0.1, 0.15) is 22.7 Å². The number of nitrogens with zero attached hydrogens (tertiary/aromatic N) is 2. The molecule has 0 saturated carbocycles. The molecule has 1 unspecified atom stereocenters. The Morgan fingerprint density at radius 3 is 2.42 bits per heavy atom. The Labute approximate surface area is 224 Å². The lowest BCUT2D eigenvalue weighted by atomic mass is 9.96. The van der Waals surface area contributed by atoms with E-state index in [0.717, 1.165) is 5.56 Å². The Balaban J connectivity index is 1.57. The quantitative estimate of drug-likeness (QED) is 0.176. The summed E-state index contributed by atoms with van der Waals surface area (Å²) in [5.74, 6) is -0.256. The van der Waals surface area contributed by atoms with E-state index in [1.165, 1.54) is 18.1 Å². The van der Waals surface area contributed by atoms with Crippen molar-refractivity contribution in [3.8, 4) is 17.2 Å². The van der Waals surface area contributed by atoms with Crippen LogP contribution in [-0.2, 0) is 9.59 Å². The number of Topliss-reactive ketones (excluding diaryl/α,β-unsaturated/α-hetero) is 1. The number of hydrogen-bond donors (Lipinski definition) is 1. The number of hydrogen-bond acceptors (Lipinski definition) is 6. The van der Waals surface area contributed by atoms with E-state index in [-0.39, 0.29) is 21.9 Å². The van der Waals surface area contributed by atoms with Gasteiger partial charge >= 0.3 is 0 Å². The van der Waals surface area contributed by atoms with Gasteiger partial charge in [0.2, 0.25) is 0 Å². The molecule has 3 aromatic carbocycles. The molecule has 190 valence electrons. The molecule has 1 N–H and O–H groups in total. The lowest BCUT2D eigenvalue weighted by Crippen LogP contribution is -2.29. The molecule has 0 spiro atoms. The maximum absolute atomic E-state index is 13.3. The largest absolute Gasteiger partial charge is 0.507 e. The summed E-state index contributed by atoms with van der Waals surface area (Å²) in [4.78, 5) is 32.2. The van der Waals surface area contributed by atoms with Crippen LogP contribution < -0.4 is 14.4 Å². The van der Waals surface area contributed by atoms with Crippen molar-refractivity contribution in [2.45, 2.75) is 13.0 Å². The summed E-state index contributed by atoms with van der Waals surface area (Å²) >= 11 is 6.26. The zero-order chi connectivity index (χ0) is 26.8. The lowest BCUT2D eigenvalue weighted by molar-refractivity contribution is -0.132. The first-order valence-electron chi connectivity index (χ1n) is 11.8. The first-order chi connectivity index (χ1) is 18.4. The summed E-state index contributed by atoms with van der Waals surface area (Å²) in [6.07, 6.45) is 3.16. The van der Waals surface area contributed by atoms with Crippen LogP contribution in [0.3, 0.4) is 0 Å². The van der Waals surface area contributed by atoms with Crippen LogP contribution in [0.15, 0.2) is 96.8 Å². The maximum atomic E-state index is 13.3. The second-order valence-corrected chi connectivity index (χ2v) is 9.12. The fourth-order valence-electron chi connectivity index (χ4n) is 4.41. The highest BCUT2D eigenvalue weighted by atomic mass is 35.5. The number of halogens is 1. The average molecular weight is 527 g/mol. The van der Waals surface area contributed by atoms with E-state index in [9.17, 15) is 14.7 Å². The van der Waals surface area contributed by atoms with Gasteiger partial charge in [-0.3, -0.25) is 19.5 Å². The summed E-state index contributed by atoms with van der Waals surface area (Å²) in [6.45, 7) is 1.98.